The molecule has 0 atom stereocenters. The molecule has 1 aromatic carbocycles. The monoisotopic (exact) mass is 324 g/mol. The van der Waals surface area contributed by atoms with Crippen molar-refractivity contribution in [2.75, 3.05) is 5.32 Å². The first kappa shape index (κ1) is 13.7. The number of nitrogens with one attached hydrogen (secondary N) is 1. The van der Waals surface area contributed by atoms with Crippen LogP contribution in [-0.4, -0.2) is 24.7 Å². The average molecular weight is 325 g/mol. The van der Waals surface area contributed by atoms with E-state index in [1.807, 2.05) is 0 Å². The second-order valence-corrected chi connectivity index (χ2v) is 4.68. The Morgan fingerprint density at radius 3 is 2.71 bits per heavy atom. The van der Waals surface area contributed by atoms with E-state index in [0.29, 0.717) is 5.69 Å². The Labute approximate surface area is 128 Å². The van der Waals surface area contributed by atoms with Crippen LogP contribution in [0.1, 0.15) is 0 Å². The van der Waals surface area contributed by atoms with Crippen LogP contribution in [0.15, 0.2) is 36.7 Å². The molecule has 3 aromatic rings. The largest absolute Gasteiger partial charge is 0.324 e. The molecule has 0 saturated carbocycles. The van der Waals surface area contributed by atoms with Gasteiger partial charge in [0.1, 0.15) is 5.82 Å². The third-order valence-corrected chi connectivity index (χ3v) is 2.94. The summed E-state index contributed by atoms with van der Waals surface area (Å²) < 4.78 is 14.6. The highest BCUT2D eigenvalue weighted by Crippen LogP contribution is 2.22. The summed E-state index contributed by atoms with van der Waals surface area (Å²) in [7, 11) is 0. The number of hydrogen-bond donors (Lipinski definition) is 1. The Balaban J connectivity index is 1.93. The van der Waals surface area contributed by atoms with E-state index in [0.717, 1.165) is 0 Å². The summed E-state index contributed by atoms with van der Waals surface area (Å²) >= 11 is 11.6. The zero-order valence-corrected chi connectivity index (χ0v) is 11.8. The van der Waals surface area contributed by atoms with E-state index in [-0.39, 0.29) is 22.2 Å². The molecule has 0 spiro atoms. The lowest BCUT2D eigenvalue weighted by Gasteiger charge is -2.07. The van der Waals surface area contributed by atoms with Gasteiger partial charge in [-0.05, 0) is 35.9 Å². The molecule has 0 unspecified atom stereocenters. The summed E-state index contributed by atoms with van der Waals surface area (Å²) in [4.78, 5) is 12.1. The molecule has 0 amide bonds. The van der Waals surface area contributed by atoms with E-state index < -0.39 is 5.82 Å². The summed E-state index contributed by atoms with van der Waals surface area (Å²) in [6.07, 6.45) is 3.26. The van der Waals surface area contributed by atoms with Gasteiger partial charge in [-0.2, -0.15) is 20.1 Å². The second kappa shape index (κ2) is 5.63. The van der Waals surface area contributed by atoms with Crippen molar-refractivity contribution >= 4 is 34.8 Å². The van der Waals surface area contributed by atoms with Gasteiger partial charge in [0.2, 0.25) is 11.2 Å². The summed E-state index contributed by atoms with van der Waals surface area (Å²) in [5.41, 5.74) is 0.523. The topological polar surface area (TPSA) is 68.5 Å². The van der Waals surface area contributed by atoms with Crippen LogP contribution in [0, 0.1) is 5.82 Å². The molecule has 6 nitrogen and oxygen atoms in total. The van der Waals surface area contributed by atoms with E-state index in [2.05, 4.69) is 25.4 Å². The first-order chi connectivity index (χ1) is 10.1. The van der Waals surface area contributed by atoms with Crippen LogP contribution in [0.3, 0.4) is 0 Å². The maximum absolute atomic E-state index is 13.1. The third-order valence-electron chi connectivity index (χ3n) is 2.48. The van der Waals surface area contributed by atoms with Crippen molar-refractivity contribution in [3.63, 3.8) is 0 Å². The standard InChI is InChI=1S/C12H7Cl2FN6/c13-8-6-7(2-3-9(8)15)17-11-18-10(14)19-12(20-11)21-5-1-4-16-21/h1-6H,(H,17,18,19,20). The number of anilines is 2. The van der Waals surface area contributed by atoms with Crippen molar-refractivity contribution < 1.29 is 4.39 Å². The van der Waals surface area contributed by atoms with E-state index in [1.54, 1.807) is 18.5 Å². The van der Waals surface area contributed by atoms with Crippen LogP contribution in [0.2, 0.25) is 10.3 Å². The zero-order chi connectivity index (χ0) is 14.8. The van der Waals surface area contributed by atoms with Crippen molar-refractivity contribution in [1.82, 2.24) is 24.7 Å². The molecule has 0 fully saturated rings. The number of aromatic nitrogens is 5. The Morgan fingerprint density at radius 2 is 2.00 bits per heavy atom. The lowest BCUT2D eigenvalue weighted by molar-refractivity contribution is 0.628. The highest BCUT2D eigenvalue weighted by Gasteiger charge is 2.08. The lowest BCUT2D eigenvalue weighted by Crippen LogP contribution is -2.06. The number of halogens is 3. The minimum atomic E-state index is -0.506. The fourth-order valence-electron chi connectivity index (χ4n) is 1.59. The molecule has 0 saturated heterocycles. The Kier molecular flexibility index (Phi) is 3.68. The second-order valence-electron chi connectivity index (χ2n) is 3.93. The van der Waals surface area contributed by atoms with Crippen molar-refractivity contribution in [3.8, 4) is 5.95 Å². The van der Waals surface area contributed by atoms with Crippen LogP contribution in [-0.2, 0) is 0 Å². The van der Waals surface area contributed by atoms with Gasteiger partial charge in [0.15, 0.2) is 0 Å². The number of rotatable bonds is 3. The molecule has 0 aliphatic heterocycles. The molecule has 21 heavy (non-hydrogen) atoms. The summed E-state index contributed by atoms with van der Waals surface area (Å²) in [6.45, 7) is 0. The van der Waals surface area contributed by atoms with Crippen LogP contribution in [0.5, 0.6) is 0 Å². The van der Waals surface area contributed by atoms with Crippen molar-refractivity contribution in [2.24, 2.45) is 0 Å². The predicted octanol–water partition coefficient (Wildman–Crippen LogP) is 3.25. The fraction of sp³-hybridized carbons (Fsp3) is 0. The van der Waals surface area contributed by atoms with Gasteiger partial charge >= 0.3 is 0 Å². The highest BCUT2D eigenvalue weighted by atomic mass is 35.5. The number of nitrogens with zero attached hydrogens (tertiary/aromatic N) is 5. The molecule has 1 N–H and O–H groups in total. The lowest BCUT2D eigenvalue weighted by atomic mass is 10.3. The van der Waals surface area contributed by atoms with Crippen molar-refractivity contribution in [1.29, 1.82) is 0 Å². The minimum absolute atomic E-state index is 0.00575. The fourth-order valence-corrected chi connectivity index (χ4v) is 1.92. The molecule has 0 aliphatic carbocycles. The molecule has 2 aromatic heterocycles. The van der Waals surface area contributed by atoms with Gasteiger partial charge in [0, 0.05) is 18.1 Å². The van der Waals surface area contributed by atoms with Gasteiger partial charge < -0.3 is 5.32 Å². The molecule has 0 radical (unpaired) electrons. The summed E-state index contributed by atoms with van der Waals surface area (Å²) in [5, 5.41) is 6.88. The van der Waals surface area contributed by atoms with E-state index in [4.69, 9.17) is 23.2 Å². The Morgan fingerprint density at radius 1 is 1.14 bits per heavy atom. The molecule has 3 rings (SSSR count). The normalized spacial score (nSPS) is 10.6. The van der Waals surface area contributed by atoms with Gasteiger partial charge in [0.05, 0.1) is 5.02 Å². The number of benzene rings is 1. The summed E-state index contributed by atoms with van der Waals surface area (Å²) in [6, 6.07) is 5.89. The van der Waals surface area contributed by atoms with Crippen LogP contribution >= 0.6 is 23.2 Å². The smallest absolute Gasteiger partial charge is 0.256 e. The Hall–Kier alpha value is -2.25. The van der Waals surface area contributed by atoms with Crippen LogP contribution < -0.4 is 5.32 Å². The van der Waals surface area contributed by atoms with E-state index in [9.17, 15) is 4.39 Å². The van der Waals surface area contributed by atoms with Gasteiger partial charge in [-0.3, -0.25) is 0 Å². The van der Waals surface area contributed by atoms with E-state index >= 15 is 0 Å². The van der Waals surface area contributed by atoms with Gasteiger partial charge in [-0.25, -0.2) is 9.07 Å². The molecular formula is C12H7Cl2FN6. The predicted molar refractivity (Wildman–Crippen MR) is 76.7 cm³/mol. The minimum Gasteiger partial charge on any atom is -0.324 e. The maximum Gasteiger partial charge on any atom is 0.256 e. The molecule has 2 heterocycles. The van der Waals surface area contributed by atoms with Crippen molar-refractivity contribution in [2.45, 2.75) is 0 Å². The first-order valence-corrected chi connectivity index (χ1v) is 6.51. The molecule has 0 aliphatic rings. The zero-order valence-electron chi connectivity index (χ0n) is 10.3. The SMILES string of the molecule is Fc1ccc(Nc2nc(Cl)nc(-n3cccn3)n2)cc1Cl. The third kappa shape index (κ3) is 3.09. The highest BCUT2D eigenvalue weighted by molar-refractivity contribution is 6.31. The van der Waals surface area contributed by atoms with Gasteiger partial charge in [-0.15, -0.1) is 0 Å². The quantitative estimate of drug-likeness (QED) is 0.800. The van der Waals surface area contributed by atoms with E-state index in [1.165, 1.54) is 22.9 Å². The van der Waals surface area contributed by atoms with Crippen molar-refractivity contribution in [3.05, 3.63) is 52.8 Å². The molecule has 0 bridgehead atoms. The molecule has 9 heteroatoms. The molecular weight excluding hydrogens is 318 g/mol. The van der Waals surface area contributed by atoms with Crippen LogP contribution in [0.25, 0.3) is 5.95 Å². The molecule has 106 valence electrons. The average Bonchev–Trinajstić information content (AvgIpc) is 2.96. The summed E-state index contributed by atoms with van der Waals surface area (Å²) in [5.74, 6) is -0.0491. The maximum atomic E-state index is 13.1. The number of hydrogen-bond acceptors (Lipinski definition) is 5. The first-order valence-electron chi connectivity index (χ1n) is 5.75. The van der Waals surface area contributed by atoms with Gasteiger partial charge in [0.25, 0.3) is 5.95 Å². The van der Waals surface area contributed by atoms with Gasteiger partial charge in [-0.1, -0.05) is 11.6 Å². The Bertz CT molecular complexity index is 777. The van der Waals surface area contributed by atoms with Crippen LogP contribution in [0.4, 0.5) is 16.0 Å².